The third-order valence-electron chi connectivity index (χ3n) is 3.44. The summed E-state index contributed by atoms with van der Waals surface area (Å²) >= 11 is 5.95. The van der Waals surface area contributed by atoms with Crippen molar-refractivity contribution in [2.24, 2.45) is 0 Å². The Bertz CT molecular complexity index is 913. The number of rotatable bonds is 8. The summed E-state index contributed by atoms with van der Waals surface area (Å²) < 4.78 is 48.9. The van der Waals surface area contributed by atoms with E-state index in [4.69, 9.17) is 26.2 Å². The number of ether oxygens (including phenoxy) is 2. The molecule has 0 saturated carbocycles. The zero-order valence-electron chi connectivity index (χ0n) is 13.7. The number of aliphatic carboxylic acids is 1. The number of carboxylic acid groups (broad SMARTS) is 1. The van der Waals surface area contributed by atoms with Gasteiger partial charge in [0.05, 0.1) is 17.3 Å². The van der Waals surface area contributed by atoms with E-state index >= 15 is 0 Å². The molecular formula is C17H16ClFO6S. The molecular weight excluding hydrogens is 387 g/mol. The van der Waals surface area contributed by atoms with Gasteiger partial charge in [-0.2, -0.15) is 0 Å². The Hall–Kier alpha value is -2.16. The molecule has 0 aliphatic rings. The van der Waals surface area contributed by atoms with Crippen LogP contribution in [0.15, 0.2) is 41.3 Å². The van der Waals surface area contributed by atoms with Crippen LogP contribution in [0.25, 0.3) is 11.1 Å². The van der Waals surface area contributed by atoms with Gasteiger partial charge in [-0.3, -0.25) is 0 Å². The highest BCUT2D eigenvalue weighted by molar-refractivity contribution is 7.91. The highest BCUT2D eigenvalue weighted by Crippen LogP contribution is 2.35. The van der Waals surface area contributed by atoms with Crippen molar-refractivity contribution >= 4 is 27.4 Å². The van der Waals surface area contributed by atoms with Crippen molar-refractivity contribution in [3.8, 4) is 16.9 Å². The molecule has 140 valence electrons. The largest absolute Gasteiger partial charge is 0.481 e. The fourth-order valence-corrected chi connectivity index (χ4v) is 3.56. The summed E-state index contributed by atoms with van der Waals surface area (Å²) in [5, 5.41) is 9.02. The number of sulfone groups is 1. The average molecular weight is 403 g/mol. The molecule has 9 heteroatoms. The Morgan fingerprint density at radius 2 is 1.92 bits per heavy atom. The van der Waals surface area contributed by atoms with Crippen LogP contribution >= 0.6 is 11.6 Å². The molecule has 0 heterocycles. The lowest BCUT2D eigenvalue weighted by molar-refractivity contribution is -0.139. The number of carboxylic acids is 1. The van der Waals surface area contributed by atoms with Gasteiger partial charge in [0.25, 0.3) is 0 Å². The summed E-state index contributed by atoms with van der Waals surface area (Å²) in [5.41, 5.74) is 0.0893. The monoisotopic (exact) mass is 402 g/mol. The molecule has 0 unspecified atom stereocenters. The second kappa shape index (κ2) is 8.48. The maximum Gasteiger partial charge on any atom is 0.341 e. The van der Waals surface area contributed by atoms with Gasteiger partial charge >= 0.3 is 5.97 Å². The number of hydrogen-bond donors (Lipinski definition) is 1. The van der Waals surface area contributed by atoms with Gasteiger partial charge in [-0.05, 0) is 36.4 Å². The maximum atomic E-state index is 14.4. The van der Waals surface area contributed by atoms with E-state index < -0.39 is 28.2 Å². The van der Waals surface area contributed by atoms with Gasteiger partial charge in [-0.15, -0.1) is 0 Å². The third-order valence-corrected chi connectivity index (χ3v) is 5.35. The first-order valence-electron chi connectivity index (χ1n) is 7.40. The summed E-state index contributed by atoms with van der Waals surface area (Å²) in [4.78, 5) is 10.6. The molecule has 0 fully saturated rings. The van der Waals surface area contributed by atoms with Gasteiger partial charge in [0, 0.05) is 23.3 Å². The Morgan fingerprint density at radius 1 is 1.19 bits per heavy atom. The van der Waals surface area contributed by atoms with E-state index in [1.54, 1.807) is 0 Å². The van der Waals surface area contributed by atoms with Crippen LogP contribution < -0.4 is 4.74 Å². The molecule has 0 radical (unpaired) electrons. The Balaban J connectivity index is 2.53. The van der Waals surface area contributed by atoms with E-state index in [9.17, 15) is 17.6 Å². The van der Waals surface area contributed by atoms with Gasteiger partial charge in [0.15, 0.2) is 16.4 Å². The predicted molar refractivity (Wildman–Crippen MR) is 93.9 cm³/mol. The molecule has 0 aliphatic heterocycles. The van der Waals surface area contributed by atoms with E-state index in [1.807, 2.05) is 0 Å². The van der Waals surface area contributed by atoms with Crippen molar-refractivity contribution in [1.29, 1.82) is 0 Å². The zero-order chi connectivity index (χ0) is 19.3. The van der Waals surface area contributed by atoms with Crippen molar-refractivity contribution in [2.75, 3.05) is 26.1 Å². The topological polar surface area (TPSA) is 89.9 Å². The van der Waals surface area contributed by atoms with Gasteiger partial charge in [0.2, 0.25) is 0 Å². The second-order valence-electron chi connectivity index (χ2n) is 5.28. The zero-order valence-corrected chi connectivity index (χ0v) is 15.3. The number of hydrogen-bond acceptors (Lipinski definition) is 5. The normalized spacial score (nSPS) is 11.3. The van der Waals surface area contributed by atoms with Crippen LogP contribution in [0.2, 0.25) is 5.02 Å². The van der Waals surface area contributed by atoms with Crippen LogP contribution in [0.4, 0.5) is 4.39 Å². The molecule has 0 amide bonds. The van der Waals surface area contributed by atoms with E-state index in [0.29, 0.717) is 0 Å². The first kappa shape index (κ1) is 20.2. The lowest BCUT2D eigenvalue weighted by atomic mass is 10.0. The van der Waals surface area contributed by atoms with Gasteiger partial charge in [-0.1, -0.05) is 11.6 Å². The van der Waals surface area contributed by atoms with E-state index in [0.717, 1.165) is 12.1 Å². The highest BCUT2D eigenvalue weighted by Gasteiger charge is 2.19. The first-order valence-corrected chi connectivity index (χ1v) is 9.43. The summed E-state index contributed by atoms with van der Waals surface area (Å²) in [7, 11) is -2.30. The molecule has 1 N–H and O–H groups in total. The minimum atomic E-state index is -3.68. The molecule has 6 nitrogen and oxygen atoms in total. The van der Waals surface area contributed by atoms with E-state index in [1.165, 1.54) is 31.4 Å². The van der Waals surface area contributed by atoms with E-state index in [2.05, 4.69) is 0 Å². The minimum Gasteiger partial charge on any atom is -0.481 e. The Morgan fingerprint density at radius 3 is 2.58 bits per heavy atom. The standard InChI is InChI=1S/C17H16ClFO6S/c1-24-6-7-26(22,23)12-3-4-15(19)13(9-12)14-8-11(18)2-5-16(14)25-10-17(20)21/h2-5,8-9H,6-7,10H2,1H3,(H,20,21). The summed E-state index contributed by atoms with van der Waals surface area (Å²) in [5.74, 6) is -2.09. The highest BCUT2D eigenvalue weighted by atomic mass is 35.5. The summed E-state index contributed by atoms with van der Waals surface area (Å²) in [6, 6.07) is 7.58. The molecule has 2 aromatic rings. The second-order valence-corrected chi connectivity index (χ2v) is 7.82. The first-order chi connectivity index (χ1) is 12.2. The van der Waals surface area contributed by atoms with E-state index in [-0.39, 0.29) is 39.2 Å². The molecule has 26 heavy (non-hydrogen) atoms. The quantitative estimate of drug-likeness (QED) is 0.682. The molecule has 0 saturated heterocycles. The van der Waals surface area contributed by atoms with Crippen molar-refractivity contribution in [1.82, 2.24) is 0 Å². The van der Waals surface area contributed by atoms with Crippen LogP contribution in [0.5, 0.6) is 5.75 Å². The molecule has 0 spiro atoms. The molecule has 0 aromatic heterocycles. The molecule has 0 aliphatic carbocycles. The van der Waals surface area contributed by atoms with Crippen LogP contribution in [0.3, 0.4) is 0 Å². The van der Waals surface area contributed by atoms with Crippen LogP contribution in [0.1, 0.15) is 0 Å². The predicted octanol–water partition coefficient (Wildman–Crippen LogP) is 3.03. The Kier molecular flexibility index (Phi) is 6.57. The van der Waals surface area contributed by atoms with Crippen LogP contribution in [-0.2, 0) is 19.4 Å². The lowest BCUT2D eigenvalue weighted by Gasteiger charge is -2.13. The number of benzene rings is 2. The van der Waals surface area contributed by atoms with Crippen molar-refractivity contribution < 1.29 is 32.2 Å². The smallest absolute Gasteiger partial charge is 0.341 e. The molecule has 2 rings (SSSR count). The average Bonchev–Trinajstić information content (AvgIpc) is 2.59. The maximum absolute atomic E-state index is 14.4. The van der Waals surface area contributed by atoms with Crippen molar-refractivity contribution in [3.05, 3.63) is 47.2 Å². The summed E-state index contributed by atoms with van der Waals surface area (Å²) in [6.45, 7) is -0.638. The van der Waals surface area contributed by atoms with Crippen molar-refractivity contribution in [2.45, 2.75) is 4.90 Å². The van der Waals surface area contributed by atoms with Crippen LogP contribution in [-0.4, -0.2) is 45.6 Å². The summed E-state index contributed by atoms with van der Waals surface area (Å²) in [6.07, 6.45) is 0. The minimum absolute atomic E-state index is 0.000813. The lowest BCUT2D eigenvalue weighted by Crippen LogP contribution is -2.12. The Labute approximate surface area is 155 Å². The molecule has 0 atom stereocenters. The van der Waals surface area contributed by atoms with Crippen LogP contribution in [0, 0.1) is 5.82 Å². The fourth-order valence-electron chi connectivity index (χ4n) is 2.19. The van der Waals surface area contributed by atoms with Gasteiger partial charge in [-0.25, -0.2) is 17.6 Å². The number of carbonyl (C=O) groups is 1. The molecule has 2 aromatic carbocycles. The third kappa shape index (κ3) is 4.94. The van der Waals surface area contributed by atoms with Crippen molar-refractivity contribution in [3.63, 3.8) is 0 Å². The van der Waals surface area contributed by atoms with Gasteiger partial charge < -0.3 is 14.6 Å². The van der Waals surface area contributed by atoms with Gasteiger partial charge in [0.1, 0.15) is 11.6 Å². The molecule has 0 bridgehead atoms. The number of halogens is 2. The fraction of sp³-hybridized carbons (Fsp3) is 0.235. The SMILES string of the molecule is COCCS(=O)(=O)c1ccc(F)c(-c2cc(Cl)ccc2OCC(=O)O)c1. The number of methoxy groups -OCH3 is 1.